The van der Waals surface area contributed by atoms with Gasteiger partial charge in [0, 0.05) is 152 Å². The number of benzene rings is 8. The number of amides is 5. The van der Waals surface area contributed by atoms with Crippen molar-refractivity contribution in [2.24, 2.45) is 0 Å². The number of anilines is 3. The van der Waals surface area contributed by atoms with Gasteiger partial charge >= 0.3 is 12.1 Å². The Bertz CT molecular complexity index is 6710. The monoisotopic (exact) mass is 1720 g/mol. The van der Waals surface area contributed by atoms with Gasteiger partial charge in [-0.05, 0) is 141 Å². The molecule has 14 aromatic rings. The summed E-state index contributed by atoms with van der Waals surface area (Å²) in [5, 5.41) is 8.64. The molecule has 0 atom stereocenters. The van der Waals surface area contributed by atoms with Gasteiger partial charge in [0.2, 0.25) is 5.91 Å². The van der Waals surface area contributed by atoms with E-state index in [0.29, 0.717) is 72.4 Å². The zero-order valence-corrected chi connectivity index (χ0v) is 70.3. The van der Waals surface area contributed by atoms with Gasteiger partial charge in [0.25, 0.3) is 37.8 Å². The van der Waals surface area contributed by atoms with E-state index in [4.69, 9.17) is 19.9 Å². The van der Waals surface area contributed by atoms with Crippen LogP contribution >= 0.6 is 0 Å². The molecule has 25 nitrogen and oxygen atoms in total. The third kappa shape index (κ3) is 18.4. The van der Waals surface area contributed by atoms with Crippen LogP contribution in [0.1, 0.15) is 56.0 Å². The molecule has 5 amide bonds. The minimum Gasteiger partial charge on any atom is -0.496 e. The molecule has 0 saturated carbocycles. The van der Waals surface area contributed by atoms with Gasteiger partial charge in [-0.15, -0.1) is 0 Å². The van der Waals surface area contributed by atoms with Gasteiger partial charge in [-0.3, -0.25) is 24.0 Å². The van der Waals surface area contributed by atoms with Crippen molar-refractivity contribution in [3.05, 3.63) is 258 Å². The first-order valence-corrected chi connectivity index (χ1v) is 40.6. The Morgan fingerprint density at radius 3 is 1.27 bits per heavy atom. The summed E-state index contributed by atoms with van der Waals surface area (Å²) in [6.07, 6.45) is 3.76. The molecule has 14 rings (SSSR count). The van der Waals surface area contributed by atoms with E-state index in [-0.39, 0.29) is 73.2 Å². The summed E-state index contributed by atoms with van der Waals surface area (Å²) in [5.41, 5.74) is 13.1. The third-order valence-electron chi connectivity index (χ3n) is 19.7. The highest BCUT2D eigenvalue weighted by Gasteiger charge is 2.40. The van der Waals surface area contributed by atoms with E-state index in [1.165, 1.54) is 105 Å². The Hall–Kier alpha value is -14.3. The van der Waals surface area contributed by atoms with Crippen LogP contribution < -0.4 is 35.9 Å². The molecule has 33 heteroatoms. The van der Waals surface area contributed by atoms with Crippen LogP contribution in [0, 0.1) is 31.3 Å². The van der Waals surface area contributed by atoms with Crippen molar-refractivity contribution in [1.82, 2.24) is 47.9 Å². The number of nitrogen functional groups attached to an aromatic ring is 1. The molecule has 6 heterocycles. The second-order valence-corrected chi connectivity index (χ2v) is 32.9. The molecule has 0 saturated heterocycles. The highest BCUT2D eigenvalue weighted by molar-refractivity contribution is 7.90. The van der Waals surface area contributed by atoms with Gasteiger partial charge in [0.05, 0.1) is 71.4 Å². The molecule has 634 valence electrons. The Labute approximate surface area is 703 Å². The fourth-order valence-corrected chi connectivity index (χ4v) is 16.2. The fourth-order valence-electron chi connectivity index (χ4n) is 13.5. The number of halogens is 6. The minimum atomic E-state index is -5.33. The van der Waals surface area contributed by atoms with Crippen molar-refractivity contribution in [3.63, 3.8) is 0 Å². The molecule has 0 unspecified atom stereocenters. The van der Waals surface area contributed by atoms with Crippen molar-refractivity contribution in [3.8, 4) is 84.0 Å². The smallest absolute Gasteiger partial charge is 0.471 e. The Kier molecular flexibility index (Phi) is 25.7. The number of carbonyl (C=O) groups is 5. The van der Waals surface area contributed by atoms with E-state index in [0.717, 1.165) is 58.4 Å². The summed E-state index contributed by atoms with van der Waals surface area (Å²) >= 11 is 0. The SMILES string of the molecule is COc1ccccc1-c1c[nH]c2ncc(-c3cc(F)c(NCC(=O)NC(C)C)c(C(=O)N(C)C)c3)cc12.COc1ccccc1-c1cn(S(=O)(=O)c2ccc(C)cc2)c2ncc(-c3cc(F)c(N)c(C(=O)N(C)C)c3)cc12.COc1ccccc1-c1cn(S(=O)(=O)c2ccc(C)cc2)c2ncc(-c3cc(F)c(NC(=O)C(F)(F)F)c(C(=O)N(C)C)c3)cc12. The number of fused-ring (bicyclic) bond motifs is 3. The number of H-pyrrole nitrogens is 1. The maximum Gasteiger partial charge on any atom is 0.471 e. The molecule has 0 aliphatic heterocycles. The van der Waals surface area contributed by atoms with E-state index < -0.39 is 78.6 Å². The van der Waals surface area contributed by atoms with E-state index in [1.54, 1.807) is 120 Å². The van der Waals surface area contributed by atoms with Crippen LogP contribution in [0.5, 0.6) is 17.2 Å². The molecule has 8 aromatic carbocycles. The lowest BCUT2D eigenvalue weighted by Gasteiger charge is -2.18. The normalized spacial score (nSPS) is 11.5. The van der Waals surface area contributed by atoms with Crippen LogP contribution in [-0.2, 0) is 29.6 Å². The lowest BCUT2D eigenvalue weighted by atomic mass is 9.99. The number of aryl methyl sites for hydroxylation is 2. The topological polar surface area (TPSA) is 317 Å². The highest BCUT2D eigenvalue weighted by atomic mass is 32.2. The van der Waals surface area contributed by atoms with Crippen LogP contribution in [0.15, 0.2) is 223 Å². The zero-order valence-electron chi connectivity index (χ0n) is 68.6. The maximum atomic E-state index is 15.4. The number of alkyl halides is 3. The van der Waals surface area contributed by atoms with E-state index in [1.807, 2.05) is 82.4 Å². The van der Waals surface area contributed by atoms with Crippen LogP contribution in [0.3, 0.4) is 0 Å². The number of carbonyl (C=O) groups excluding carboxylic acids is 5. The summed E-state index contributed by atoms with van der Waals surface area (Å²) in [4.78, 5) is 82.8. The number of aromatic amines is 1. The second-order valence-electron chi connectivity index (χ2n) is 29.2. The van der Waals surface area contributed by atoms with Crippen molar-refractivity contribution < 1.29 is 81.4 Å². The Morgan fingerprint density at radius 1 is 0.480 bits per heavy atom. The number of nitrogens with two attached hydrogens (primary N) is 1. The van der Waals surface area contributed by atoms with Crippen LogP contribution in [0.2, 0.25) is 0 Å². The van der Waals surface area contributed by atoms with Gasteiger partial charge in [-0.2, -0.15) is 13.2 Å². The van der Waals surface area contributed by atoms with Crippen LogP contribution in [0.25, 0.3) is 99.9 Å². The van der Waals surface area contributed by atoms with E-state index in [9.17, 15) is 58.4 Å². The Balaban J connectivity index is 0.000000170. The molecular weight excluding hydrogens is 1630 g/mol. The average molecular weight is 1720 g/mol. The second kappa shape index (κ2) is 35.9. The highest BCUT2D eigenvalue weighted by Crippen LogP contribution is 2.44. The molecule has 6 aromatic heterocycles. The summed E-state index contributed by atoms with van der Waals surface area (Å²) in [7, 11) is 5.34. The van der Waals surface area contributed by atoms with Crippen molar-refractivity contribution >= 4 is 99.7 Å². The molecule has 0 aliphatic carbocycles. The quantitative estimate of drug-likeness (QED) is 0.0330. The van der Waals surface area contributed by atoms with Crippen LogP contribution in [-0.4, -0.2) is 171 Å². The van der Waals surface area contributed by atoms with Gasteiger partial charge < -0.3 is 55.6 Å². The number of nitrogens with zero attached hydrogens (tertiary/aromatic N) is 8. The van der Waals surface area contributed by atoms with E-state index >= 15 is 8.78 Å². The number of methoxy groups -OCH3 is 3. The molecule has 0 aliphatic rings. The summed E-state index contributed by atoms with van der Waals surface area (Å²) < 4.78 is 159. The number of rotatable bonds is 21. The lowest BCUT2D eigenvalue weighted by Crippen LogP contribution is -2.35. The third-order valence-corrected chi connectivity index (χ3v) is 23.0. The number of aromatic nitrogens is 6. The first-order valence-electron chi connectivity index (χ1n) is 37.7. The average Bonchev–Trinajstić information content (AvgIpc) is 1.57. The number of pyridine rings is 3. The predicted molar refractivity (Wildman–Crippen MR) is 460 cm³/mol. The number of para-hydroxylation sites is 3. The molecule has 0 radical (unpaired) electrons. The maximum absolute atomic E-state index is 15.4. The molecule has 6 N–H and O–H groups in total. The largest absolute Gasteiger partial charge is 0.496 e. The summed E-state index contributed by atoms with van der Waals surface area (Å²) in [6, 6.07) is 47.4. The molecular formula is C90H83F6N13O12S2. The standard InChI is InChI=1S/C32H26F4N4O5S.C30H27FN4O4S.C28H30FN5O3/c1-18-9-11-21(12-10-18)46(43,44)40-17-25(22-7-5-6-8-27(22)45-4)23-14-20(16-37-29(23)40)19-13-24(30(41)39(2)3)28(26(33)15-19)38-31(42)32(34,35)36;1-18-9-11-21(12-10-18)40(37,38)35-17-25(22-7-5-6-8-27(22)39-4)23-14-20(16-33-29(23)35)19-13-24(30(36)34(2)3)28(32)26(31)15-19;1-16(2)33-25(35)15-30-26-21(28(36)34(3)4)10-17(12-23(26)29)18-11-20-22(14-32-27(20)31-13-18)19-8-6-7-9-24(19)37-5/h5-17H,1-4H3,(H,38,42);5-17H,32H2,1-4H3;6-14,16,30H,15H2,1-5H3,(H,31,32)(H,33,35). The number of hydrogen-bond acceptors (Lipinski definition) is 17. The molecule has 0 bridgehead atoms. The molecule has 0 fully saturated rings. The summed E-state index contributed by atoms with van der Waals surface area (Å²) in [6.45, 7) is 7.20. The first-order chi connectivity index (χ1) is 58.3. The van der Waals surface area contributed by atoms with E-state index in [2.05, 4.69) is 30.6 Å². The fraction of sp³-hybridized carbons (Fsp3) is 0.178. The number of ether oxygens (including phenoxy) is 3. The lowest BCUT2D eigenvalue weighted by molar-refractivity contribution is -0.167. The predicted octanol–water partition coefficient (Wildman–Crippen LogP) is 16.3. The summed E-state index contributed by atoms with van der Waals surface area (Å²) in [5.74, 6) is -5.47. The van der Waals surface area contributed by atoms with Crippen LogP contribution in [0.4, 0.5) is 43.4 Å². The van der Waals surface area contributed by atoms with Crippen molar-refractivity contribution in [2.75, 3.05) is 86.5 Å². The van der Waals surface area contributed by atoms with Crippen molar-refractivity contribution in [1.29, 1.82) is 0 Å². The first kappa shape index (κ1) is 88.0. The minimum absolute atomic E-state index is 0.0119. The van der Waals surface area contributed by atoms with Gasteiger partial charge in [-0.1, -0.05) is 90.0 Å². The van der Waals surface area contributed by atoms with Crippen molar-refractivity contribution in [2.45, 2.75) is 49.7 Å². The van der Waals surface area contributed by atoms with Gasteiger partial charge in [0.1, 0.15) is 40.3 Å². The zero-order chi connectivity index (χ0) is 89.0. The van der Waals surface area contributed by atoms with Gasteiger partial charge in [0.15, 0.2) is 11.3 Å². The molecule has 0 spiro atoms. The molecule has 123 heavy (non-hydrogen) atoms. The van der Waals surface area contributed by atoms with Gasteiger partial charge in [-0.25, -0.2) is 52.9 Å². The number of hydrogen-bond donors (Lipinski definition) is 5. The Morgan fingerprint density at radius 2 is 0.854 bits per heavy atom. The number of nitrogens with one attached hydrogen (secondary N) is 4.